The van der Waals surface area contributed by atoms with Crippen molar-refractivity contribution in [3.63, 3.8) is 0 Å². The van der Waals surface area contributed by atoms with E-state index in [-0.39, 0.29) is 6.61 Å². The summed E-state index contributed by atoms with van der Waals surface area (Å²) in [6, 6.07) is 1.17. The molecule has 0 aliphatic rings. The third kappa shape index (κ3) is 57.2. The van der Waals surface area contributed by atoms with E-state index >= 15 is 0 Å². The molecule has 0 aromatic heterocycles. The van der Waals surface area contributed by atoms with E-state index in [0.717, 1.165) is 20.0 Å². The second-order valence-corrected chi connectivity index (χ2v) is 36.7. The maximum absolute atomic E-state index is 9.98. The number of hydrogen-bond donors (Lipinski definition) is 8. The van der Waals surface area contributed by atoms with Gasteiger partial charge in [-0.2, -0.15) is 0 Å². The molecular formula is C33H100N2O22Si8. The highest BCUT2D eigenvalue weighted by Crippen LogP contribution is 2.18. The van der Waals surface area contributed by atoms with E-state index in [4.69, 9.17) is 83.8 Å². The SMILES string of the molecule is CCO.CCO[Si](O)(CCCN)OCC.CO.CO[Si](C)(C)O[Si](C)(OC)OC.CO[Si](C)(O)OC.CO[Si](C)(O)OC.CO[Si](C)(OC)OC.CO[Si](C)(OC)O[Si](C)(O)CCCN. The third-order valence-electron chi connectivity index (χ3n) is 7.72. The summed E-state index contributed by atoms with van der Waals surface area (Å²) < 4.78 is 80.5. The second-order valence-electron chi connectivity index (χ2n) is 13.3. The van der Waals surface area contributed by atoms with Crippen molar-refractivity contribution in [2.45, 2.75) is 98.1 Å². The van der Waals surface area contributed by atoms with Crippen LogP contribution in [0.25, 0.3) is 0 Å². The van der Waals surface area contributed by atoms with Gasteiger partial charge in [0.15, 0.2) is 0 Å². The lowest BCUT2D eigenvalue weighted by Crippen LogP contribution is -2.51. The normalized spacial score (nSPS) is 12.7. The van der Waals surface area contributed by atoms with Crippen LogP contribution >= 0.6 is 0 Å². The monoisotopic (exact) mass is 1100 g/mol. The summed E-state index contributed by atoms with van der Waals surface area (Å²) in [5.41, 5.74) is 10.7. The molecule has 0 heterocycles. The Labute approximate surface area is 402 Å². The van der Waals surface area contributed by atoms with Gasteiger partial charge in [0.1, 0.15) is 0 Å². The van der Waals surface area contributed by atoms with Crippen LogP contribution in [-0.4, -0.2) is 225 Å². The summed E-state index contributed by atoms with van der Waals surface area (Å²) in [5.74, 6) is 0. The predicted molar refractivity (Wildman–Crippen MR) is 269 cm³/mol. The highest BCUT2D eigenvalue weighted by Gasteiger charge is 2.42. The maximum Gasteiger partial charge on any atom is 0.498 e. The minimum Gasteiger partial charge on any atom is -0.411 e. The lowest BCUT2D eigenvalue weighted by atomic mass is 10.5. The molecule has 0 saturated carbocycles. The minimum absolute atomic E-state index is 0.250. The first-order valence-electron chi connectivity index (χ1n) is 20.5. The smallest absolute Gasteiger partial charge is 0.411 e. The molecule has 1 atom stereocenters. The van der Waals surface area contributed by atoms with Crippen molar-refractivity contribution in [1.82, 2.24) is 0 Å². The summed E-state index contributed by atoms with van der Waals surface area (Å²) in [6.45, 7) is 21.9. The number of hydrogen-bond acceptors (Lipinski definition) is 24. The molecule has 0 aromatic rings. The van der Waals surface area contributed by atoms with Crippen LogP contribution < -0.4 is 11.5 Å². The molecule has 65 heavy (non-hydrogen) atoms. The second kappa shape index (κ2) is 48.4. The van der Waals surface area contributed by atoms with Gasteiger partial charge in [0, 0.05) is 151 Å². The van der Waals surface area contributed by atoms with Crippen molar-refractivity contribution in [2.24, 2.45) is 11.5 Å². The number of aliphatic hydroxyl groups excluding tert-OH is 2. The molecule has 406 valence electrons. The van der Waals surface area contributed by atoms with Crippen LogP contribution in [0.3, 0.4) is 0 Å². The van der Waals surface area contributed by atoms with E-state index in [1.807, 2.05) is 40.0 Å². The topological polar surface area (TPSA) is 321 Å². The van der Waals surface area contributed by atoms with E-state index in [2.05, 4.69) is 17.7 Å². The number of nitrogens with two attached hydrogens (primary N) is 2. The molecule has 0 saturated heterocycles. The zero-order valence-electron chi connectivity index (χ0n) is 44.7. The van der Waals surface area contributed by atoms with Gasteiger partial charge in [-0.15, -0.1) is 0 Å². The Kier molecular flexibility index (Phi) is 61.6. The van der Waals surface area contributed by atoms with Gasteiger partial charge in [-0.05, 0) is 72.4 Å². The van der Waals surface area contributed by atoms with Gasteiger partial charge >= 0.3 is 69.9 Å². The van der Waals surface area contributed by atoms with Crippen molar-refractivity contribution in [1.29, 1.82) is 0 Å². The fourth-order valence-electron chi connectivity index (χ4n) is 3.08. The minimum atomic E-state index is -2.85. The van der Waals surface area contributed by atoms with Gasteiger partial charge in [0.05, 0.1) is 0 Å². The van der Waals surface area contributed by atoms with Crippen molar-refractivity contribution in [3.8, 4) is 0 Å². The van der Waals surface area contributed by atoms with Crippen molar-refractivity contribution in [3.05, 3.63) is 0 Å². The fraction of sp³-hybridized carbons (Fsp3) is 1.00. The summed E-state index contributed by atoms with van der Waals surface area (Å²) in [4.78, 5) is 37.4. The molecule has 0 rings (SSSR count). The highest BCUT2D eigenvalue weighted by atomic mass is 28.5. The average molecular weight is 1100 g/mol. The Bertz CT molecular complexity index is 926. The van der Waals surface area contributed by atoms with Gasteiger partial charge in [-0.3, -0.25) is 0 Å². The first-order valence-corrected chi connectivity index (χ1v) is 39.0. The van der Waals surface area contributed by atoms with E-state index < -0.39 is 69.9 Å². The van der Waals surface area contributed by atoms with E-state index in [0.29, 0.717) is 38.4 Å². The molecular weight excluding hydrogens is 1000 g/mol. The lowest BCUT2D eigenvalue weighted by Gasteiger charge is -2.30. The van der Waals surface area contributed by atoms with Crippen molar-refractivity contribution >= 4 is 69.9 Å². The Morgan fingerprint density at radius 2 is 0.662 bits per heavy atom. The number of rotatable bonds is 26. The molecule has 0 amide bonds. The molecule has 0 radical (unpaired) electrons. The van der Waals surface area contributed by atoms with Gasteiger partial charge in [0.25, 0.3) is 0 Å². The number of aliphatic hydroxyl groups is 2. The molecule has 0 aromatic carbocycles. The molecule has 0 spiro atoms. The molecule has 24 nitrogen and oxygen atoms in total. The van der Waals surface area contributed by atoms with Crippen molar-refractivity contribution < 1.29 is 99.6 Å². The first kappa shape index (κ1) is 82.7. The molecule has 0 fully saturated rings. The van der Waals surface area contributed by atoms with Gasteiger partial charge in [0.2, 0.25) is 0 Å². The Balaban J connectivity index is -0.0000000995. The highest BCUT2D eigenvalue weighted by molar-refractivity contribution is 6.77. The molecule has 0 aliphatic carbocycles. The van der Waals surface area contributed by atoms with Crippen LogP contribution in [0.4, 0.5) is 0 Å². The molecule has 1 unspecified atom stereocenters. The zero-order chi connectivity index (χ0) is 53.7. The summed E-state index contributed by atoms with van der Waals surface area (Å²) in [7, 11) is -0.720. The average Bonchev–Trinajstić information content (AvgIpc) is 3.29. The van der Waals surface area contributed by atoms with Crippen LogP contribution in [0, 0.1) is 0 Å². The molecule has 10 N–H and O–H groups in total. The van der Waals surface area contributed by atoms with E-state index in [9.17, 15) is 9.59 Å². The van der Waals surface area contributed by atoms with Crippen LogP contribution in [-0.2, 0) is 70.2 Å². The van der Waals surface area contributed by atoms with Crippen LogP contribution in [0.15, 0.2) is 0 Å². The standard InChI is InChI=1S/C7H21NO4Si2.C7H19NO3Si.C6H18O4Si2.C4H12O3Si.2C3H10O3Si.C2H6O.CH4O/c1-10-14(4,11-2)12-13(3,9)7-5-6-8;1-3-10-12(9,11-4-2)7-5-6-8;1-7-11(4,5)10-12(6,8-2)9-3;1-5-8(4,6-2)7-3;2*1-5-7(3,4)6-2;1-2-3;1-2/h9H,5-8H2,1-4H3;9H,3-8H2,1-2H3;1-6H3;1-4H3;2*4H,1-3H3;3H,2H2,1H3;2H,1H3. The van der Waals surface area contributed by atoms with Gasteiger partial charge < -0.3 is 111 Å². The Morgan fingerprint density at radius 1 is 0.400 bits per heavy atom. The summed E-state index contributed by atoms with van der Waals surface area (Å²) in [5, 5.41) is 14.6. The predicted octanol–water partition coefficient (Wildman–Crippen LogP) is 1.61. The van der Waals surface area contributed by atoms with Gasteiger partial charge in [-0.25, -0.2) is 0 Å². The summed E-state index contributed by atoms with van der Waals surface area (Å²) in [6.07, 6.45) is 1.51. The molecule has 32 heteroatoms. The largest absolute Gasteiger partial charge is 0.498 e. The Morgan fingerprint density at radius 3 is 0.846 bits per heavy atom. The first-order chi connectivity index (χ1) is 29.8. The van der Waals surface area contributed by atoms with Crippen molar-refractivity contribution in [2.75, 3.05) is 125 Å². The quantitative estimate of drug-likeness (QED) is 0.0571. The molecule has 0 bridgehead atoms. The van der Waals surface area contributed by atoms with Crippen LogP contribution in [0.5, 0.6) is 0 Å². The van der Waals surface area contributed by atoms with Gasteiger partial charge in [-0.1, -0.05) is 0 Å². The van der Waals surface area contributed by atoms with E-state index in [1.54, 1.807) is 75.8 Å². The Hall–Kier alpha value is 0.775. The molecule has 0 aliphatic heterocycles. The third-order valence-corrected chi connectivity index (χ3v) is 27.4. The summed E-state index contributed by atoms with van der Waals surface area (Å²) >= 11 is 0. The van der Waals surface area contributed by atoms with E-state index in [1.165, 1.54) is 42.7 Å². The lowest BCUT2D eigenvalue weighted by molar-refractivity contribution is 0.108. The zero-order valence-corrected chi connectivity index (χ0v) is 52.7. The maximum atomic E-state index is 9.98. The van der Waals surface area contributed by atoms with Crippen LogP contribution in [0.2, 0.25) is 64.5 Å². The fourth-order valence-corrected chi connectivity index (χ4v) is 15.9. The van der Waals surface area contributed by atoms with Crippen LogP contribution in [0.1, 0.15) is 33.6 Å².